The molecule has 0 aliphatic carbocycles. The predicted molar refractivity (Wildman–Crippen MR) is 91.4 cm³/mol. The van der Waals surface area contributed by atoms with Crippen LogP contribution in [0.2, 0.25) is 0 Å². The zero-order chi connectivity index (χ0) is 16.8. The average Bonchev–Trinajstić information content (AvgIpc) is 2.56. The minimum absolute atomic E-state index is 0.101. The Labute approximate surface area is 135 Å². The van der Waals surface area contributed by atoms with Gasteiger partial charge in [-0.25, -0.2) is 9.97 Å². The molecule has 2 aromatic rings. The molecule has 0 spiro atoms. The molecule has 0 radical (unpaired) electrons. The van der Waals surface area contributed by atoms with Gasteiger partial charge < -0.3 is 10.2 Å². The maximum absolute atomic E-state index is 11.5. The van der Waals surface area contributed by atoms with Crippen LogP contribution in [0.4, 0.5) is 23.0 Å². The third kappa shape index (κ3) is 3.74. The van der Waals surface area contributed by atoms with Crippen LogP contribution in [-0.4, -0.2) is 28.0 Å². The molecule has 0 aliphatic heterocycles. The van der Waals surface area contributed by atoms with Crippen molar-refractivity contribution < 1.29 is 4.92 Å². The van der Waals surface area contributed by atoms with Crippen molar-refractivity contribution >= 4 is 23.0 Å². The van der Waals surface area contributed by atoms with Crippen LogP contribution in [-0.2, 0) is 6.42 Å². The van der Waals surface area contributed by atoms with Crippen LogP contribution in [0, 0.1) is 10.1 Å². The number of benzene rings is 1. The van der Waals surface area contributed by atoms with E-state index in [1.165, 1.54) is 11.9 Å². The summed E-state index contributed by atoms with van der Waals surface area (Å²) in [4.78, 5) is 21.1. The number of hydrogen-bond acceptors (Lipinski definition) is 6. The quantitative estimate of drug-likeness (QED) is 0.621. The highest BCUT2D eigenvalue weighted by Crippen LogP contribution is 2.33. The summed E-state index contributed by atoms with van der Waals surface area (Å²) >= 11 is 0. The molecule has 1 heterocycles. The van der Waals surface area contributed by atoms with E-state index in [4.69, 9.17) is 0 Å². The molecule has 0 bridgehead atoms. The minimum atomic E-state index is -0.434. The first kappa shape index (κ1) is 16.7. The van der Waals surface area contributed by atoms with E-state index in [1.54, 1.807) is 0 Å². The van der Waals surface area contributed by atoms with Crippen LogP contribution in [0.1, 0.15) is 26.3 Å². The molecular formula is C16H21N5O2. The van der Waals surface area contributed by atoms with Crippen LogP contribution >= 0.6 is 0 Å². The van der Waals surface area contributed by atoms with E-state index in [-0.39, 0.29) is 11.5 Å². The molecule has 1 aromatic carbocycles. The summed E-state index contributed by atoms with van der Waals surface area (Å²) in [6.45, 7) is 7.23. The number of nitro groups is 1. The monoisotopic (exact) mass is 315 g/mol. The summed E-state index contributed by atoms with van der Waals surface area (Å²) in [5.41, 5.74) is 1.86. The highest BCUT2D eigenvalue weighted by molar-refractivity contribution is 5.74. The summed E-state index contributed by atoms with van der Waals surface area (Å²) in [7, 11) is 0. The van der Waals surface area contributed by atoms with Gasteiger partial charge in [0.2, 0.25) is 11.6 Å². The van der Waals surface area contributed by atoms with Gasteiger partial charge in [-0.15, -0.1) is 0 Å². The lowest BCUT2D eigenvalue weighted by atomic mass is 10.1. The molecule has 7 nitrogen and oxygen atoms in total. The molecule has 1 N–H and O–H groups in total. The van der Waals surface area contributed by atoms with Gasteiger partial charge in [0, 0.05) is 18.8 Å². The first-order valence-electron chi connectivity index (χ1n) is 7.70. The van der Waals surface area contributed by atoms with Crippen LogP contribution < -0.4 is 10.2 Å². The second-order valence-electron chi connectivity index (χ2n) is 5.00. The number of aromatic nitrogens is 2. The van der Waals surface area contributed by atoms with Crippen molar-refractivity contribution in [3.05, 3.63) is 46.3 Å². The van der Waals surface area contributed by atoms with Gasteiger partial charge >= 0.3 is 5.69 Å². The van der Waals surface area contributed by atoms with Crippen molar-refractivity contribution in [1.82, 2.24) is 9.97 Å². The smallest absolute Gasteiger partial charge is 0.351 e. The Hall–Kier alpha value is -2.70. The molecular weight excluding hydrogens is 294 g/mol. The lowest BCUT2D eigenvalue weighted by Gasteiger charge is -2.20. The third-order valence-electron chi connectivity index (χ3n) is 3.67. The molecule has 0 fully saturated rings. The molecule has 0 saturated heterocycles. The van der Waals surface area contributed by atoms with Crippen LogP contribution in [0.3, 0.4) is 0 Å². The van der Waals surface area contributed by atoms with Gasteiger partial charge in [0.05, 0.1) is 4.92 Å². The van der Waals surface area contributed by atoms with E-state index in [0.29, 0.717) is 18.9 Å². The normalized spacial score (nSPS) is 10.4. The predicted octanol–water partition coefficient (Wildman–Crippen LogP) is 3.54. The average molecular weight is 315 g/mol. The van der Waals surface area contributed by atoms with Gasteiger partial charge in [-0.05, 0) is 38.0 Å². The van der Waals surface area contributed by atoms with E-state index in [0.717, 1.165) is 12.1 Å². The Morgan fingerprint density at radius 2 is 1.78 bits per heavy atom. The Balaban J connectivity index is 2.40. The molecule has 7 heteroatoms. The van der Waals surface area contributed by atoms with Crippen LogP contribution in [0.15, 0.2) is 30.6 Å². The third-order valence-corrected chi connectivity index (χ3v) is 3.67. The first-order valence-corrected chi connectivity index (χ1v) is 7.70. The standard InChI is InChI=1S/C16H21N5O2/c1-4-12-7-9-13(10-8-12)19-15-14(21(22)23)16(18-11-17-15)20(5-2)6-3/h7-11H,4-6H2,1-3H3,(H,17,18,19). The van der Waals surface area contributed by atoms with Crippen LogP contribution in [0.5, 0.6) is 0 Å². The molecule has 0 unspecified atom stereocenters. The van der Waals surface area contributed by atoms with Crippen molar-refractivity contribution in [3.8, 4) is 0 Å². The van der Waals surface area contributed by atoms with Crippen molar-refractivity contribution in [2.24, 2.45) is 0 Å². The number of rotatable bonds is 7. The molecule has 23 heavy (non-hydrogen) atoms. The van der Waals surface area contributed by atoms with Crippen molar-refractivity contribution in [2.45, 2.75) is 27.2 Å². The zero-order valence-electron chi connectivity index (χ0n) is 13.6. The van der Waals surface area contributed by atoms with Crippen LogP contribution in [0.25, 0.3) is 0 Å². The Morgan fingerprint density at radius 3 is 2.30 bits per heavy atom. The first-order chi connectivity index (χ1) is 11.1. The highest BCUT2D eigenvalue weighted by Gasteiger charge is 2.25. The second-order valence-corrected chi connectivity index (χ2v) is 5.00. The van der Waals surface area contributed by atoms with Crippen molar-refractivity contribution in [3.63, 3.8) is 0 Å². The fourth-order valence-electron chi connectivity index (χ4n) is 2.34. The Kier molecular flexibility index (Phi) is 5.46. The van der Waals surface area contributed by atoms with E-state index in [2.05, 4.69) is 22.2 Å². The molecule has 0 atom stereocenters. The van der Waals surface area contributed by atoms with Gasteiger partial charge in [-0.3, -0.25) is 10.1 Å². The van der Waals surface area contributed by atoms with Crippen molar-refractivity contribution in [2.75, 3.05) is 23.3 Å². The maximum atomic E-state index is 11.5. The molecule has 2 rings (SSSR count). The lowest BCUT2D eigenvalue weighted by molar-refractivity contribution is -0.383. The largest absolute Gasteiger partial charge is 0.353 e. The van der Waals surface area contributed by atoms with Gasteiger partial charge in [0.15, 0.2) is 0 Å². The Morgan fingerprint density at radius 1 is 1.13 bits per heavy atom. The fourth-order valence-corrected chi connectivity index (χ4v) is 2.34. The molecule has 0 saturated carbocycles. The van der Waals surface area contributed by atoms with Gasteiger partial charge in [-0.1, -0.05) is 19.1 Å². The Bertz CT molecular complexity index is 669. The minimum Gasteiger partial charge on any atom is -0.351 e. The van der Waals surface area contributed by atoms with E-state index >= 15 is 0 Å². The summed E-state index contributed by atoms with van der Waals surface area (Å²) < 4.78 is 0. The molecule has 122 valence electrons. The van der Waals surface area contributed by atoms with E-state index in [1.807, 2.05) is 43.0 Å². The second kappa shape index (κ2) is 7.53. The van der Waals surface area contributed by atoms with Gasteiger partial charge in [0.25, 0.3) is 0 Å². The number of hydrogen-bond donors (Lipinski definition) is 1. The number of aryl methyl sites for hydroxylation is 1. The fraction of sp³-hybridized carbons (Fsp3) is 0.375. The highest BCUT2D eigenvalue weighted by atomic mass is 16.6. The maximum Gasteiger partial charge on any atom is 0.353 e. The van der Waals surface area contributed by atoms with Gasteiger partial charge in [0.1, 0.15) is 6.33 Å². The molecule has 0 aliphatic rings. The topological polar surface area (TPSA) is 84.2 Å². The molecule has 1 aromatic heterocycles. The summed E-state index contributed by atoms with van der Waals surface area (Å²) in [6, 6.07) is 7.75. The number of nitrogens with zero attached hydrogens (tertiary/aromatic N) is 4. The zero-order valence-corrected chi connectivity index (χ0v) is 13.6. The summed E-state index contributed by atoms with van der Waals surface area (Å²) in [5, 5.41) is 14.6. The van der Waals surface area contributed by atoms with Crippen molar-refractivity contribution in [1.29, 1.82) is 0 Å². The van der Waals surface area contributed by atoms with E-state index < -0.39 is 4.92 Å². The SMILES string of the molecule is CCc1ccc(Nc2ncnc(N(CC)CC)c2[N+](=O)[O-])cc1. The summed E-state index contributed by atoms with van der Waals surface area (Å²) in [6.07, 6.45) is 2.30. The number of nitrogens with one attached hydrogen (secondary N) is 1. The lowest BCUT2D eigenvalue weighted by Crippen LogP contribution is -2.24. The van der Waals surface area contributed by atoms with E-state index in [9.17, 15) is 10.1 Å². The molecule has 0 amide bonds. The number of anilines is 3. The summed E-state index contributed by atoms with van der Waals surface area (Å²) in [5.74, 6) is 0.541. The van der Waals surface area contributed by atoms with Gasteiger partial charge in [-0.2, -0.15) is 0 Å².